The van der Waals surface area contributed by atoms with Crippen LogP contribution in [-0.2, 0) is 0 Å². The molecule has 1 aliphatic carbocycles. The molecule has 0 bridgehead atoms. The molecule has 2 aliphatic heterocycles. The molecule has 2 heterocycles. The van der Waals surface area contributed by atoms with Gasteiger partial charge in [0.1, 0.15) is 0 Å². The van der Waals surface area contributed by atoms with Gasteiger partial charge in [0.2, 0.25) is 0 Å². The molecule has 0 aromatic carbocycles. The van der Waals surface area contributed by atoms with Crippen molar-refractivity contribution < 1.29 is 0 Å². The van der Waals surface area contributed by atoms with Crippen LogP contribution in [0.3, 0.4) is 0 Å². The second kappa shape index (κ2) is 3.99. The maximum absolute atomic E-state index is 2.82. The number of rotatable bonds is 3. The fourth-order valence-corrected chi connectivity index (χ4v) is 3.59. The molecule has 0 spiro atoms. The van der Waals surface area contributed by atoms with Gasteiger partial charge in [-0.15, -0.1) is 0 Å². The lowest BCUT2D eigenvalue weighted by Gasteiger charge is -2.44. The number of fused-ring (bicyclic) bond motifs is 1. The summed E-state index contributed by atoms with van der Waals surface area (Å²) in [7, 11) is 0. The van der Waals surface area contributed by atoms with Crippen LogP contribution in [0.2, 0.25) is 0 Å². The molecule has 2 atom stereocenters. The van der Waals surface area contributed by atoms with Crippen LogP contribution in [0.15, 0.2) is 0 Å². The molecular formula is C14H26N2. The van der Waals surface area contributed by atoms with E-state index < -0.39 is 0 Å². The van der Waals surface area contributed by atoms with Gasteiger partial charge in [-0.25, -0.2) is 0 Å². The Labute approximate surface area is 100.0 Å². The van der Waals surface area contributed by atoms with Crippen molar-refractivity contribution >= 4 is 0 Å². The first-order valence-corrected chi connectivity index (χ1v) is 7.18. The van der Waals surface area contributed by atoms with Gasteiger partial charge in [-0.3, -0.25) is 9.80 Å². The van der Waals surface area contributed by atoms with E-state index in [1.807, 2.05) is 0 Å². The zero-order chi connectivity index (χ0) is 11.2. The van der Waals surface area contributed by atoms with Gasteiger partial charge in [-0.1, -0.05) is 13.8 Å². The summed E-state index contributed by atoms with van der Waals surface area (Å²) in [5, 5.41) is 0. The summed E-state index contributed by atoms with van der Waals surface area (Å²) in [6.45, 7) is 10.3. The van der Waals surface area contributed by atoms with E-state index in [1.54, 1.807) is 0 Å². The minimum Gasteiger partial charge on any atom is -0.298 e. The molecule has 3 fully saturated rings. The Hall–Kier alpha value is -0.0800. The minimum atomic E-state index is 0.689. The van der Waals surface area contributed by atoms with Crippen molar-refractivity contribution in [1.29, 1.82) is 0 Å². The van der Waals surface area contributed by atoms with Crippen LogP contribution < -0.4 is 0 Å². The highest BCUT2D eigenvalue weighted by Gasteiger charge is 2.43. The van der Waals surface area contributed by atoms with E-state index in [0.717, 1.165) is 12.1 Å². The van der Waals surface area contributed by atoms with Crippen LogP contribution in [0, 0.1) is 5.41 Å². The quantitative estimate of drug-likeness (QED) is 0.723. The monoisotopic (exact) mass is 222 g/mol. The van der Waals surface area contributed by atoms with Crippen molar-refractivity contribution in [3.63, 3.8) is 0 Å². The fraction of sp³-hybridized carbons (Fsp3) is 1.00. The van der Waals surface area contributed by atoms with Crippen LogP contribution >= 0.6 is 0 Å². The van der Waals surface area contributed by atoms with E-state index in [0.29, 0.717) is 5.41 Å². The van der Waals surface area contributed by atoms with Crippen LogP contribution in [0.4, 0.5) is 0 Å². The van der Waals surface area contributed by atoms with Crippen molar-refractivity contribution in [2.45, 2.75) is 58.0 Å². The maximum Gasteiger partial charge on any atom is 0.0224 e. The molecule has 3 aliphatic rings. The van der Waals surface area contributed by atoms with Crippen molar-refractivity contribution in [1.82, 2.24) is 9.80 Å². The molecule has 2 nitrogen and oxygen atoms in total. The average molecular weight is 222 g/mol. The first kappa shape index (κ1) is 11.0. The highest BCUT2D eigenvalue weighted by atomic mass is 15.3. The molecule has 16 heavy (non-hydrogen) atoms. The summed E-state index contributed by atoms with van der Waals surface area (Å²) in [5.74, 6) is 0. The zero-order valence-corrected chi connectivity index (χ0v) is 10.9. The normalized spacial score (nSPS) is 38.6. The van der Waals surface area contributed by atoms with Gasteiger partial charge < -0.3 is 0 Å². The second-order valence-corrected chi connectivity index (χ2v) is 6.59. The predicted octanol–water partition coefficient (Wildman–Crippen LogP) is 2.35. The van der Waals surface area contributed by atoms with Gasteiger partial charge in [0.15, 0.2) is 0 Å². The Bertz CT molecular complexity index is 259. The van der Waals surface area contributed by atoms with Gasteiger partial charge >= 0.3 is 0 Å². The number of piperazine rings is 1. The van der Waals surface area contributed by atoms with Gasteiger partial charge in [-0.2, -0.15) is 0 Å². The molecule has 2 saturated heterocycles. The maximum atomic E-state index is 2.82. The van der Waals surface area contributed by atoms with Crippen molar-refractivity contribution in [3.05, 3.63) is 0 Å². The Morgan fingerprint density at radius 3 is 2.75 bits per heavy atom. The molecule has 1 saturated carbocycles. The highest BCUT2D eigenvalue weighted by molar-refractivity contribution is 4.97. The van der Waals surface area contributed by atoms with E-state index in [4.69, 9.17) is 0 Å². The van der Waals surface area contributed by atoms with Crippen LogP contribution in [0.25, 0.3) is 0 Å². The molecular weight excluding hydrogens is 196 g/mol. The standard InChI is InChI=1S/C14H26N2/c1-3-12-9-15-8-4-5-13(15)10-16(12)11-14(2)6-7-14/h12-13H,3-11H2,1-2H3. The summed E-state index contributed by atoms with van der Waals surface area (Å²) < 4.78 is 0. The largest absolute Gasteiger partial charge is 0.298 e. The molecule has 2 unspecified atom stereocenters. The fourth-order valence-electron chi connectivity index (χ4n) is 3.59. The van der Waals surface area contributed by atoms with Crippen LogP contribution in [0.5, 0.6) is 0 Å². The van der Waals surface area contributed by atoms with Gasteiger partial charge in [0, 0.05) is 31.7 Å². The molecule has 92 valence electrons. The van der Waals surface area contributed by atoms with E-state index in [1.165, 1.54) is 58.3 Å². The van der Waals surface area contributed by atoms with E-state index in [9.17, 15) is 0 Å². The lowest BCUT2D eigenvalue weighted by molar-refractivity contribution is 0.0369. The van der Waals surface area contributed by atoms with E-state index >= 15 is 0 Å². The van der Waals surface area contributed by atoms with Crippen LogP contribution in [0.1, 0.15) is 46.0 Å². The molecule has 2 heteroatoms. The SMILES string of the molecule is CCC1CN2CCCC2CN1CC1(C)CC1. The first-order valence-electron chi connectivity index (χ1n) is 7.18. The zero-order valence-electron chi connectivity index (χ0n) is 10.9. The number of nitrogens with zero attached hydrogens (tertiary/aromatic N) is 2. The molecule has 0 aromatic rings. The van der Waals surface area contributed by atoms with E-state index in [2.05, 4.69) is 23.6 Å². The van der Waals surface area contributed by atoms with Gasteiger partial charge in [-0.05, 0) is 44.1 Å². The molecule has 0 radical (unpaired) electrons. The number of hydrogen-bond donors (Lipinski definition) is 0. The van der Waals surface area contributed by atoms with Gasteiger partial charge in [0.25, 0.3) is 0 Å². The molecule has 0 aromatic heterocycles. The minimum absolute atomic E-state index is 0.689. The average Bonchev–Trinajstić information content (AvgIpc) is 2.82. The van der Waals surface area contributed by atoms with E-state index in [-0.39, 0.29) is 0 Å². The third kappa shape index (κ3) is 2.02. The molecule has 3 rings (SSSR count). The molecule has 0 amide bonds. The molecule has 0 N–H and O–H groups in total. The smallest absolute Gasteiger partial charge is 0.0224 e. The summed E-state index contributed by atoms with van der Waals surface area (Å²) in [6, 6.07) is 1.73. The Kier molecular flexibility index (Phi) is 2.75. The summed E-state index contributed by atoms with van der Waals surface area (Å²) in [6.07, 6.45) is 7.15. The Morgan fingerprint density at radius 1 is 1.25 bits per heavy atom. The third-order valence-corrected chi connectivity index (χ3v) is 5.07. The summed E-state index contributed by atoms with van der Waals surface area (Å²) in [5.41, 5.74) is 0.689. The highest BCUT2D eigenvalue weighted by Crippen LogP contribution is 2.46. The van der Waals surface area contributed by atoms with Crippen molar-refractivity contribution in [2.24, 2.45) is 5.41 Å². The lowest BCUT2D eigenvalue weighted by atomic mass is 10.0. The summed E-state index contributed by atoms with van der Waals surface area (Å²) in [4.78, 5) is 5.57. The Balaban J connectivity index is 1.65. The van der Waals surface area contributed by atoms with Crippen LogP contribution in [-0.4, -0.2) is 48.1 Å². The number of hydrogen-bond acceptors (Lipinski definition) is 2. The third-order valence-electron chi connectivity index (χ3n) is 5.07. The predicted molar refractivity (Wildman–Crippen MR) is 67.6 cm³/mol. The lowest BCUT2D eigenvalue weighted by Crippen LogP contribution is -2.56. The van der Waals surface area contributed by atoms with Crippen molar-refractivity contribution in [2.75, 3.05) is 26.2 Å². The summed E-state index contributed by atoms with van der Waals surface area (Å²) >= 11 is 0. The topological polar surface area (TPSA) is 6.48 Å². The Morgan fingerprint density at radius 2 is 2.06 bits per heavy atom. The second-order valence-electron chi connectivity index (χ2n) is 6.59. The van der Waals surface area contributed by atoms with Gasteiger partial charge in [0.05, 0.1) is 0 Å². The first-order chi connectivity index (χ1) is 7.70. The van der Waals surface area contributed by atoms with Crippen molar-refractivity contribution in [3.8, 4) is 0 Å².